The SMILES string of the molecule is COc1cc2[nH]nc(N3C(=O)c4ccccc4C3=O)c2cc1OC. The van der Waals surface area contributed by atoms with Crippen LogP contribution in [0.15, 0.2) is 36.4 Å². The first kappa shape index (κ1) is 14.3. The Kier molecular flexibility index (Phi) is 3.02. The molecule has 7 nitrogen and oxygen atoms in total. The van der Waals surface area contributed by atoms with Gasteiger partial charge in [0.25, 0.3) is 11.8 Å². The number of amides is 2. The van der Waals surface area contributed by atoms with Gasteiger partial charge in [-0.05, 0) is 18.2 Å². The lowest BCUT2D eigenvalue weighted by Gasteiger charge is -2.12. The third-order valence-corrected chi connectivity index (χ3v) is 4.05. The molecule has 2 amide bonds. The number of methoxy groups -OCH3 is 2. The fraction of sp³-hybridized carbons (Fsp3) is 0.118. The van der Waals surface area contributed by atoms with Gasteiger partial charge in [-0.15, -0.1) is 0 Å². The van der Waals surface area contributed by atoms with E-state index in [0.29, 0.717) is 33.5 Å². The smallest absolute Gasteiger partial charge is 0.267 e. The van der Waals surface area contributed by atoms with Crippen molar-refractivity contribution < 1.29 is 19.1 Å². The van der Waals surface area contributed by atoms with E-state index < -0.39 is 11.8 Å². The van der Waals surface area contributed by atoms with E-state index in [2.05, 4.69) is 10.2 Å². The van der Waals surface area contributed by atoms with Crippen molar-refractivity contribution in [1.29, 1.82) is 0 Å². The Hall–Kier alpha value is -3.35. The summed E-state index contributed by atoms with van der Waals surface area (Å²) in [7, 11) is 3.05. The molecule has 2 aromatic carbocycles. The monoisotopic (exact) mass is 323 g/mol. The van der Waals surface area contributed by atoms with E-state index in [4.69, 9.17) is 9.47 Å². The van der Waals surface area contributed by atoms with E-state index in [1.165, 1.54) is 14.2 Å². The minimum Gasteiger partial charge on any atom is -0.493 e. The van der Waals surface area contributed by atoms with Crippen LogP contribution in [0.5, 0.6) is 11.5 Å². The molecule has 0 unspecified atom stereocenters. The lowest BCUT2D eigenvalue weighted by molar-refractivity contribution is 0.0925. The largest absolute Gasteiger partial charge is 0.493 e. The minimum atomic E-state index is -0.390. The van der Waals surface area contributed by atoms with Gasteiger partial charge in [-0.1, -0.05) is 12.1 Å². The Balaban J connectivity index is 1.89. The minimum absolute atomic E-state index is 0.247. The maximum absolute atomic E-state index is 12.6. The van der Waals surface area contributed by atoms with Crippen LogP contribution in [0, 0.1) is 0 Å². The molecule has 4 rings (SSSR count). The highest BCUT2D eigenvalue weighted by Gasteiger charge is 2.38. The Morgan fingerprint density at radius 1 is 0.958 bits per heavy atom. The molecule has 0 spiro atoms. The molecule has 120 valence electrons. The highest BCUT2D eigenvalue weighted by atomic mass is 16.5. The number of nitrogens with zero attached hydrogens (tertiary/aromatic N) is 2. The van der Waals surface area contributed by atoms with Gasteiger partial charge in [-0.2, -0.15) is 5.10 Å². The highest BCUT2D eigenvalue weighted by molar-refractivity contribution is 6.35. The van der Waals surface area contributed by atoms with Crippen LogP contribution in [0.2, 0.25) is 0 Å². The van der Waals surface area contributed by atoms with Gasteiger partial charge in [0.15, 0.2) is 17.3 Å². The number of hydrogen-bond donors (Lipinski definition) is 1. The molecule has 1 aromatic heterocycles. The number of H-pyrrole nitrogens is 1. The quantitative estimate of drug-likeness (QED) is 0.748. The summed E-state index contributed by atoms with van der Waals surface area (Å²) in [5, 5.41) is 7.59. The summed E-state index contributed by atoms with van der Waals surface area (Å²) in [4.78, 5) is 26.3. The zero-order valence-electron chi connectivity index (χ0n) is 13.0. The molecule has 0 atom stereocenters. The van der Waals surface area contributed by atoms with Gasteiger partial charge >= 0.3 is 0 Å². The molecule has 1 N–H and O–H groups in total. The van der Waals surface area contributed by atoms with Gasteiger partial charge in [-0.3, -0.25) is 14.7 Å². The number of carbonyl (C=O) groups excluding carboxylic acids is 2. The van der Waals surface area contributed by atoms with Crippen LogP contribution in [0.1, 0.15) is 20.7 Å². The van der Waals surface area contributed by atoms with E-state index in [9.17, 15) is 9.59 Å². The van der Waals surface area contributed by atoms with Crippen molar-refractivity contribution in [2.24, 2.45) is 0 Å². The third kappa shape index (κ3) is 1.81. The van der Waals surface area contributed by atoms with Crippen molar-refractivity contribution in [1.82, 2.24) is 10.2 Å². The summed E-state index contributed by atoms with van der Waals surface area (Å²) >= 11 is 0. The summed E-state index contributed by atoms with van der Waals surface area (Å²) in [6.07, 6.45) is 0. The fourth-order valence-electron chi connectivity index (χ4n) is 2.88. The Bertz CT molecular complexity index is 958. The van der Waals surface area contributed by atoms with Crippen LogP contribution in [-0.2, 0) is 0 Å². The molecular weight excluding hydrogens is 310 g/mol. The second-order valence-corrected chi connectivity index (χ2v) is 5.29. The van der Waals surface area contributed by atoms with Crippen molar-refractivity contribution >= 4 is 28.5 Å². The van der Waals surface area contributed by atoms with Gasteiger partial charge in [0, 0.05) is 11.5 Å². The van der Waals surface area contributed by atoms with Gasteiger partial charge in [0.05, 0.1) is 30.9 Å². The standard InChI is InChI=1S/C17H13N3O4/c1-23-13-7-11-12(8-14(13)24-2)18-19-15(11)20-16(21)9-5-3-4-6-10(9)17(20)22/h3-8H,1-2H3,(H,18,19). The number of nitrogens with one attached hydrogen (secondary N) is 1. The van der Waals surface area contributed by atoms with E-state index in [0.717, 1.165) is 4.90 Å². The van der Waals surface area contributed by atoms with Crippen LogP contribution in [-0.4, -0.2) is 36.2 Å². The highest BCUT2D eigenvalue weighted by Crippen LogP contribution is 2.37. The Morgan fingerprint density at radius 2 is 1.54 bits per heavy atom. The predicted molar refractivity (Wildman–Crippen MR) is 86.8 cm³/mol. The molecule has 24 heavy (non-hydrogen) atoms. The van der Waals surface area contributed by atoms with Gasteiger partial charge in [0.1, 0.15) is 0 Å². The van der Waals surface area contributed by atoms with E-state index >= 15 is 0 Å². The lowest BCUT2D eigenvalue weighted by Crippen LogP contribution is -2.29. The molecule has 7 heteroatoms. The summed E-state index contributed by atoms with van der Waals surface area (Å²) < 4.78 is 10.5. The molecule has 0 saturated heterocycles. The number of fused-ring (bicyclic) bond motifs is 2. The summed E-state index contributed by atoms with van der Waals surface area (Å²) in [6.45, 7) is 0. The maximum Gasteiger partial charge on any atom is 0.267 e. The normalized spacial score (nSPS) is 13.5. The van der Waals surface area contributed by atoms with Crippen LogP contribution in [0.25, 0.3) is 10.9 Å². The van der Waals surface area contributed by atoms with Crippen molar-refractivity contribution in [3.05, 3.63) is 47.5 Å². The number of imide groups is 1. The topological polar surface area (TPSA) is 84.5 Å². The first-order chi connectivity index (χ1) is 11.7. The van der Waals surface area contributed by atoms with Crippen LogP contribution >= 0.6 is 0 Å². The molecule has 3 aromatic rings. The van der Waals surface area contributed by atoms with E-state index in [1.807, 2.05) is 0 Å². The summed E-state index contributed by atoms with van der Waals surface area (Å²) in [6, 6.07) is 10.1. The van der Waals surface area contributed by atoms with Gasteiger partial charge < -0.3 is 9.47 Å². The summed E-state index contributed by atoms with van der Waals surface area (Å²) in [5.74, 6) is 0.488. The van der Waals surface area contributed by atoms with Gasteiger partial charge in [0.2, 0.25) is 0 Å². The average molecular weight is 323 g/mol. The molecule has 2 heterocycles. The van der Waals surface area contributed by atoms with Crippen LogP contribution in [0.4, 0.5) is 5.82 Å². The molecule has 0 fully saturated rings. The second-order valence-electron chi connectivity index (χ2n) is 5.29. The molecule has 1 aliphatic heterocycles. The van der Waals surface area contributed by atoms with Crippen molar-refractivity contribution in [3.63, 3.8) is 0 Å². The van der Waals surface area contributed by atoms with Crippen molar-refractivity contribution in [2.45, 2.75) is 0 Å². The molecule has 0 saturated carbocycles. The van der Waals surface area contributed by atoms with E-state index in [-0.39, 0.29) is 5.82 Å². The number of benzene rings is 2. The zero-order valence-corrected chi connectivity index (χ0v) is 13.0. The molecule has 0 aliphatic carbocycles. The Labute approximate surface area is 136 Å². The third-order valence-electron chi connectivity index (χ3n) is 4.05. The number of rotatable bonds is 3. The average Bonchev–Trinajstić information content (AvgIpc) is 3.13. The first-order valence-corrected chi connectivity index (χ1v) is 7.23. The number of aromatic amines is 1. The number of hydrogen-bond acceptors (Lipinski definition) is 5. The van der Waals surface area contributed by atoms with Crippen molar-refractivity contribution in [2.75, 3.05) is 19.1 Å². The lowest BCUT2D eigenvalue weighted by atomic mass is 10.1. The molecular formula is C17H13N3O4. The van der Waals surface area contributed by atoms with Crippen molar-refractivity contribution in [3.8, 4) is 11.5 Å². The fourth-order valence-corrected chi connectivity index (χ4v) is 2.88. The van der Waals surface area contributed by atoms with E-state index in [1.54, 1.807) is 36.4 Å². The summed E-state index contributed by atoms with van der Waals surface area (Å²) in [5.41, 5.74) is 1.39. The molecule has 0 radical (unpaired) electrons. The predicted octanol–water partition coefficient (Wildman–Crippen LogP) is 2.38. The number of ether oxygens (including phenoxy) is 2. The second kappa shape index (κ2) is 5.09. The molecule has 0 bridgehead atoms. The Morgan fingerprint density at radius 3 is 2.12 bits per heavy atom. The maximum atomic E-state index is 12.6. The first-order valence-electron chi connectivity index (χ1n) is 7.23. The zero-order chi connectivity index (χ0) is 16.8. The number of aromatic nitrogens is 2. The van der Waals surface area contributed by atoms with Gasteiger partial charge in [-0.25, -0.2) is 4.90 Å². The van der Waals surface area contributed by atoms with Crippen LogP contribution in [0.3, 0.4) is 0 Å². The van der Waals surface area contributed by atoms with Crippen LogP contribution < -0.4 is 14.4 Å². The number of anilines is 1. The molecule has 1 aliphatic rings. The number of carbonyl (C=O) groups is 2.